The molecule has 1 aliphatic rings. The van der Waals surface area contributed by atoms with Gasteiger partial charge in [0.1, 0.15) is 0 Å². The number of nitrogens with zero attached hydrogens (tertiary/aromatic N) is 1. The highest BCUT2D eigenvalue weighted by molar-refractivity contribution is 5.87. The van der Waals surface area contributed by atoms with Gasteiger partial charge in [0.05, 0.1) is 5.52 Å². The molecule has 1 unspecified atom stereocenters. The van der Waals surface area contributed by atoms with Crippen molar-refractivity contribution in [3.8, 4) is 29.2 Å². The molecule has 37 heavy (non-hydrogen) atoms. The van der Waals surface area contributed by atoms with Crippen molar-refractivity contribution >= 4 is 23.1 Å². The summed E-state index contributed by atoms with van der Waals surface area (Å²) < 4.78 is 2.50. The number of rotatable bonds is 2. The fourth-order valence-electron chi connectivity index (χ4n) is 5.74. The summed E-state index contributed by atoms with van der Waals surface area (Å²) in [5.74, 6) is 3.40. The number of benzene rings is 3. The molecule has 1 atom stereocenters. The van der Waals surface area contributed by atoms with Crippen molar-refractivity contribution in [3.63, 3.8) is 0 Å². The second-order valence-electron chi connectivity index (χ2n) is 12.8. The molecule has 1 nitrogen and oxygen atoms in total. The van der Waals surface area contributed by atoms with Gasteiger partial charge in [0.2, 0.25) is 0 Å². The molecule has 1 aromatic heterocycles. The predicted octanol–water partition coefficient (Wildman–Crippen LogP) is 7.82. The quantitative estimate of drug-likeness (QED) is 0.255. The van der Waals surface area contributed by atoms with Crippen molar-refractivity contribution in [1.82, 2.24) is 4.57 Å². The summed E-state index contributed by atoms with van der Waals surface area (Å²) in [6.45, 7) is 18.4. The molecule has 0 bridgehead atoms. The van der Waals surface area contributed by atoms with Crippen molar-refractivity contribution < 1.29 is 0 Å². The molecule has 1 aliphatic carbocycles. The lowest BCUT2D eigenvalue weighted by Gasteiger charge is -2.28. The van der Waals surface area contributed by atoms with E-state index in [0.717, 1.165) is 17.5 Å². The van der Waals surface area contributed by atoms with E-state index in [0.29, 0.717) is 5.92 Å². The molecule has 0 fully saturated rings. The Kier molecular flexibility index (Phi) is 5.99. The fourth-order valence-corrected chi connectivity index (χ4v) is 5.74. The Bertz CT molecular complexity index is 1690. The Morgan fingerprint density at radius 3 is 2.30 bits per heavy atom. The molecule has 0 radical (unpaired) electrons. The van der Waals surface area contributed by atoms with Crippen molar-refractivity contribution in [2.75, 3.05) is 0 Å². The first-order chi connectivity index (χ1) is 17.4. The minimum absolute atomic E-state index is 0.0936. The Balaban J connectivity index is 1.88. The van der Waals surface area contributed by atoms with Crippen LogP contribution < -0.4 is 10.6 Å². The number of aryl methyl sites for hydroxylation is 1. The van der Waals surface area contributed by atoms with Crippen molar-refractivity contribution in [1.29, 1.82) is 0 Å². The molecule has 0 aliphatic heterocycles. The van der Waals surface area contributed by atoms with Gasteiger partial charge in [0.15, 0.2) is 0 Å². The molecule has 5 rings (SSSR count). The number of fused-ring (bicyclic) bond motifs is 3. The van der Waals surface area contributed by atoms with Crippen LogP contribution in [-0.4, -0.2) is 4.57 Å². The number of terminal acetylenes is 1. The third kappa shape index (κ3) is 4.34. The van der Waals surface area contributed by atoms with Gasteiger partial charge in [-0.3, -0.25) is 0 Å². The minimum atomic E-state index is 0.0936. The second kappa shape index (κ2) is 8.81. The van der Waals surface area contributed by atoms with Crippen LogP contribution in [0.1, 0.15) is 70.2 Å². The molecule has 0 spiro atoms. The van der Waals surface area contributed by atoms with E-state index >= 15 is 0 Å². The lowest BCUT2D eigenvalue weighted by atomic mass is 9.77. The van der Waals surface area contributed by atoms with Crippen molar-refractivity contribution in [2.45, 2.75) is 67.2 Å². The summed E-state index contributed by atoms with van der Waals surface area (Å²) in [6.07, 6.45) is 12.0. The van der Waals surface area contributed by atoms with E-state index in [1.165, 1.54) is 49.4 Å². The molecule has 1 heteroatoms. The van der Waals surface area contributed by atoms with E-state index in [2.05, 4.69) is 120 Å². The largest absolute Gasteiger partial charge is 0.309 e. The molecule has 1 heterocycles. The van der Waals surface area contributed by atoms with Crippen LogP contribution in [0.15, 0.2) is 54.6 Å². The van der Waals surface area contributed by atoms with E-state index in [4.69, 9.17) is 6.42 Å². The van der Waals surface area contributed by atoms with Gasteiger partial charge in [-0.1, -0.05) is 89.9 Å². The Morgan fingerprint density at radius 1 is 0.892 bits per heavy atom. The zero-order valence-electron chi connectivity index (χ0n) is 23.7. The maximum Gasteiger partial charge on any atom is 0.0541 e. The summed E-state index contributed by atoms with van der Waals surface area (Å²) in [6, 6.07) is 20.0. The van der Waals surface area contributed by atoms with Crippen LogP contribution >= 0.6 is 0 Å². The predicted molar refractivity (Wildman–Crippen MR) is 161 cm³/mol. The number of aromatic nitrogens is 1. The van der Waals surface area contributed by atoms with Crippen LogP contribution in [0.25, 0.3) is 39.9 Å². The molecular formula is C36H39N. The maximum atomic E-state index is 5.91. The Labute approximate surface area is 222 Å². The smallest absolute Gasteiger partial charge is 0.0541 e. The molecule has 3 aromatic carbocycles. The summed E-state index contributed by atoms with van der Waals surface area (Å²) in [5.41, 5.74) is 9.93. The zero-order valence-corrected chi connectivity index (χ0v) is 23.7. The van der Waals surface area contributed by atoms with E-state index in [1.807, 2.05) is 12.1 Å². The highest BCUT2D eigenvalue weighted by atomic mass is 15.0. The van der Waals surface area contributed by atoms with Crippen LogP contribution in [-0.2, 0) is 5.41 Å². The van der Waals surface area contributed by atoms with Gasteiger partial charge < -0.3 is 4.57 Å². The first-order valence-corrected chi connectivity index (χ1v) is 13.4. The minimum Gasteiger partial charge on any atom is -0.309 e. The van der Waals surface area contributed by atoms with Crippen LogP contribution in [0, 0.1) is 37.5 Å². The molecule has 0 saturated heterocycles. The lowest BCUT2D eigenvalue weighted by Crippen LogP contribution is -2.35. The highest BCUT2D eigenvalue weighted by Crippen LogP contribution is 2.35. The standard InChI is InChI=1S/C36H39N/c1-10-25-13-11-12-14-28(25)29-19-23(2)20-34(24(29)3)37-32-17-15-26(35(4,5)6)21-30(32)31-22-27(36(7,8)9)16-18-33(31)37/h1,11-15,17-22,27H,16H2,2-9H3. The molecular weight excluding hydrogens is 446 g/mol. The van der Waals surface area contributed by atoms with Gasteiger partial charge in [0.25, 0.3) is 0 Å². The SMILES string of the molecule is C#Cc1ccccc1-c1cc(C)cc(-n2c3c(c4cc(C(C)(C)C)ccc42)=CC(C(C)(C)C)CC=3)c1C. The fraction of sp³-hybridized carbons (Fsp3) is 0.333. The summed E-state index contributed by atoms with van der Waals surface area (Å²) in [5, 5.41) is 4.03. The van der Waals surface area contributed by atoms with E-state index in [9.17, 15) is 0 Å². The van der Waals surface area contributed by atoms with Gasteiger partial charge in [-0.05, 0) is 89.1 Å². The Hall–Kier alpha value is -3.50. The monoisotopic (exact) mass is 485 g/mol. The molecule has 188 valence electrons. The van der Waals surface area contributed by atoms with Gasteiger partial charge in [-0.2, -0.15) is 0 Å². The van der Waals surface area contributed by atoms with Crippen molar-refractivity contribution in [3.05, 3.63) is 87.4 Å². The first kappa shape index (κ1) is 25.2. The maximum absolute atomic E-state index is 5.91. The summed E-state index contributed by atoms with van der Waals surface area (Å²) >= 11 is 0. The molecule has 0 N–H and O–H groups in total. The molecule has 0 saturated carbocycles. The van der Waals surface area contributed by atoms with Gasteiger partial charge >= 0.3 is 0 Å². The first-order valence-electron chi connectivity index (χ1n) is 13.4. The zero-order chi connectivity index (χ0) is 26.7. The second-order valence-corrected chi connectivity index (χ2v) is 12.8. The number of hydrogen-bond acceptors (Lipinski definition) is 0. The lowest BCUT2D eigenvalue weighted by molar-refractivity contribution is 0.314. The van der Waals surface area contributed by atoms with E-state index < -0.39 is 0 Å². The van der Waals surface area contributed by atoms with Crippen LogP contribution in [0.5, 0.6) is 0 Å². The topological polar surface area (TPSA) is 4.93 Å². The normalized spacial score (nSPS) is 15.6. The van der Waals surface area contributed by atoms with Gasteiger partial charge in [-0.15, -0.1) is 6.42 Å². The summed E-state index contributed by atoms with van der Waals surface area (Å²) in [4.78, 5) is 0. The van der Waals surface area contributed by atoms with Crippen LogP contribution in [0.4, 0.5) is 0 Å². The Morgan fingerprint density at radius 2 is 1.62 bits per heavy atom. The van der Waals surface area contributed by atoms with Gasteiger partial charge in [0, 0.05) is 27.2 Å². The average Bonchev–Trinajstić information content (AvgIpc) is 3.17. The third-order valence-corrected chi connectivity index (χ3v) is 8.09. The average molecular weight is 486 g/mol. The molecule has 4 aromatic rings. The number of hydrogen-bond donors (Lipinski definition) is 0. The van der Waals surface area contributed by atoms with Crippen LogP contribution in [0.3, 0.4) is 0 Å². The van der Waals surface area contributed by atoms with Gasteiger partial charge in [-0.25, -0.2) is 0 Å². The van der Waals surface area contributed by atoms with Crippen LogP contribution in [0.2, 0.25) is 0 Å². The van der Waals surface area contributed by atoms with E-state index in [1.54, 1.807) is 0 Å². The third-order valence-electron chi connectivity index (χ3n) is 8.09. The summed E-state index contributed by atoms with van der Waals surface area (Å²) in [7, 11) is 0. The van der Waals surface area contributed by atoms with Crippen molar-refractivity contribution in [2.24, 2.45) is 11.3 Å². The molecule has 0 amide bonds. The highest BCUT2D eigenvalue weighted by Gasteiger charge is 2.26. The van der Waals surface area contributed by atoms with E-state index in [-0.39, 0.29) is 10.8 Å².